The van der Waals surface area contributed by atoms with Gasteiger partial charge < -0.3 is 16.3 Å². The van der Waals surface area contributed by atoms with Crippen LogP contribution in [0.5, 0.6) is 0 Å². The maximum atomic E-state index is 12.8. The SMILES string of the molecule is NC(CC(=O)Nc1ccc(F)cc1I)=NO. The molecule has 1 aromatic carbocycles. The first-order valence-electron chi connectivity index (χ1n) is 4.24. The van der Waals surface area contributed by atoms with Gasteiger partial charge in [0.1, 0.15) is 11.7 Å². The van der Waals surface area contributed by atoms with Crippen molar-refractivity contribution < 1.29 is 14.4 Å². The van der Waals surface area contributed by atoms with Crippen molar-refractivity contribution in [2.24, 2.45) is 10.9 Å². The van der Waals surface area contributed by atoms with Crippen LogP contribution in [0.4, 0.5) is 10.1 Å². The molecular formula is C9H9FIN3O2. The molecule has 0 aromatic heterocycles. The first-order chi connectivity index (χ1) is 7.52. The van der Waals surface area contributed by atoms with Crippen LogP contribution in [0.25, 0.3) is 0 Å². The second-order valence-corrected chi connectivity index (χ2v) is 4.10. The van der Waals surface area contributed by atoms with Gasteiger partial charge in [-0.1, -0.05) is 5.16 Å². The standard InChI is InChI=1S/C9H9FIN3O2/c10-5-1-2-7(6(11)3-5)13-9(15)4-8(12)14-16/h1-3,16H,4H2,(H2,12,14)(H,13,15). The fraction of sp³-hybridized carbons (Fsp3) is 0.111. The van der Waals surface area contributed by atoms with E-state index in [0.29, 0.717) is 9.26 Å². The Hall–Kier alpha value is -1.38. The molecule has 16 heavy (non-hydrogen) atoms. The molecule has 86 valence electrons. The number of nitrogens with zero attached hydrogens (tertiary/aromatic N) is 1. The minimum atomic E-state index is -0.431. The average Bonchev–Trinajstić information content (AvgIpc) is 2.22. The number of halogens is 2. The molecule has 0 saturated carbocycles. The molecule has 0 fully saturated rings. The van der Waals surface area contributed by atoms with Crippen LogP contribution in [0.3, 0.4) is 0 Å². The number of amides is 1. The second kappa shape index (κ2) is 5.64. The molecule has 0 bridgehead atoms. The highest BCUT2D eigenvalue weighted by Gasteiger charge is 2.08. The number of hydrogen-bond donors (Lipinski definition) is 3. The highest BCUT2D eigenvalue weighted by molar-refractivity contribution is 14.1. The molecule has 7 heteroatoms. The van der Waals surface area contributed by atoms with Crippen LogP contribution in [-0.2, 0) is 4.79 Å². The number of amidine groups is 1. The van der Waals surface area contributed by atoms with Crippen molar-refractivity contribution >= 4 is 40.0 Å². The Morgan fingerprint density at radius 3 is 2.88 bits per heavy atom. The molecule has 0 unspecified atom stereocenters. The number of nitrogens with two attached hydrogens (primary N) is 1. The number of carbonyl (C=O) groups is 1. The summed E-state index contributed by atoms with van der Waals surface area (Å²) in [5, 5.41) is 13.5. The lowest BCUT2D eigenvalue weighted by Gasteiger charge is -2.06. The summed E-state index contributed by atoms with van der Waals surface area (Å²) in [5.74, 6) is -0.992. The van der Waals surface area contributed by atoms with Gasteiger partial charge in [0, 0.05) is 3.57 Å². The van der Waals surface area contributed by atoms with Gasteiger partial charge in [-0.15, -0.1) is 0 Å². The number of benzene rings is 1. The molecule has 0 aliphatic rings. The summed E-state index contributed by atoms with van der Waals surface area (Å²) in [4.78, 5) is 11.3. The molecule has 1 rings (SSSR count). The fourth-order valence-electron chi connectivity index (χ4n) is 0.985. The Kier molecular flexibility index (Phi) is 4.47. The molecular weight excluding hydrogens is 328 g/mol. The van der Waals surface area contributed by atoms with Crippen molar-refractivity contribution in [1.29, 1.82) is 0 Å². The zero-order valence-electron chi connectivity index (χ0n) is 8.08. The topological polar surface area (TPSA) is 87.7 Å². The predicted molar refractivity (Wildman–Crippen MR) is 65.8 cm³/mol. The van der Waals surface area contributed by atoms with Crippen LogP contribution >= 0.6 is 22.6 Å². The molecule has 0 atom stereocenters. The van der Waals surface area contributed by atoms with Crippen LogP contribution in [0.1, 0.15) is 6.42 Å². The quantitative estimate of drug-likeness (QED) is 0.257. The van der Waals surface area contributed by atoms with Gasteiger partial charge in [0.05, 0.1) is 12.1 Å². The van der Waals surface area contributed by atoms with E-state index in [0.717, 1.165) is 0 Å². The highest BCUT2D eigenvalue weighted by atomic mass is 127. The third-order valence-corrected chi connectivity index (χ3v) is 2.57. The Balaban J connectivity index is 2.70. The molecule has 1 aromatic rings. The summed E-state index contributed by atoms with van der Waals surface area (Å²) in [6.07, 6.45) is -0.218. The van der Waals surface area contributed by atoms with Crippen LogP contribution in [0.2, 0.25) is 0 Å². The van der Waals surface area contributed by atoms with Crippen molar-refractivity contribution in [2.45, 2.75) is 6.42 Å². The average molecular weight is 337 g/mol. The molecule has 0 aliphatic heterocycles. The maximum absolute atomic E-state index is 12.8. The second-order valence-electron chi connectivity index (χ2n) is 2.94. The van der Waals surface area contributed by atoms with E-state index in [1.165, 1.54) is 18.2 Å². The smallest absolute Gasteiger partial charge is 0.232 e. The Morgan fingerprint density at radius 1 is 1.62 bits per heavy atom. The predicted octanol–water partition coefficient (Wildman–Crippen LogP) is 1.51. The van der Waals surface area contributed by atoms with Crippen molar-refractivity contribution in [1.82, 2.24) is 0 Å². The van der Waals surface area contributed by atoms with E-state index in [1.807, 2.05) is 22.6 Å². The van der Waals surface area contributed by atoms with Gasteiger partial charge in [0.25, 0.3) is 0 Å². The monoisotopic (exact) mass is 337 g/mol. The summed E-state index contributed by atoms with van der Waals surface area (Å²) >= 11 is 1.90. The Morgan fingerprint density at radius 2 is 2.31 bits per heavy atom. The Labute approximate surface area is 105 Å². The molecule has 0 heterocycles. The van der Waals surface area contributed by atoms with Crippen LogP contribution in [0, 0.1) is 9.39 Å². The Bertz CT molecular complexity index is 437. The van der Waals surface area contributed by atoms with Crippen LogP contribution in [0.15, 0.2) is 23.4 Å². The zero-order valence-corrected chi connectivity index (χ0v) is 10.2. The number of rotatable bonds is 3. The summed E-state index contributed by atoms with van der Waals surface area (Å²) in [6, 6.07) is 3.97. The number of anilines is 1. The minimum absolute atomic E-state index is 0.186. The van der Waals surface area contributed by atoms with E-state index < -0.39 is 5.91 Å². The van der Waals surface area contributed by atoms with E-state index in [4.69, 9.17) is 10.9 Å². The van der Waals surface area contributed by atoms with E-state index in [1.54, 1.807) is 0 Å². The van der Waals surface area contributed by atoms with Crippen LogP contribution in [-0.4, -0.2) is 17.0 Å². The molecule has 0 saturated heterocycles. The highest BCUT2D eigenvalue weighted by Crippen LogP contribution is 2.18. The maximum Gasteiger partial charge on any atom is 0.232 e. The lowest BCUT2D eigenvalue weighted by atomic mass is 10.3. The fourth-order valence-corrected chi connectivity index (χ4v) is 1.60. The first-order valence-corrected chi connectivity index (χ1v) is 5.32. The van der Waals surface area contributed by atoms with Gasteiger partial charge in [-0.3, -0.25) is 4.79 Å². The van der Waals surface area contributed by atoms with Gasteiger partial charge in [-0.2, -0.15) is 0 Å². The largest absolute Gasteiger partial charge is 0.409 e. The molecule has 0 radical (unpaired) electrons. The number of carbonyl (C=O) groups excluding carboxylic acids is 1. The van der Waals surface area contributed by atoms with Crippen molar-refractivity contribution in [3.05, 3.63) is 27.6 Å². The van der Waals surface area contributed by atoms with E-state index >= 15 is 0 Å². The van der Waals surface area contributed by atoms with Gasteiger partial charge in [0.2, 0.25) is 5.91 Å². The third kappa shape index (κ3) is 3.65. The molecule has 1 amide bonds. The molecule has 4 N–H and O–H groups in total. The summed E-state index contributed by atoms with van der Waals surface area (Å²) < 4.78 is 13.3. The summed E-state index contributed by atoms with van der Waals surface area (Å²) in [5.41, 5.74) is 5.65. The lowest BCUT2D eigenvalue weighted by Crippen LogP contribution is -2.22. The van der Waals surface area contributed by atoms with Crippen molar-refractivity contribution in [3.8, 4) is 0 Å². The molecule has 0 aliphatic carbocycles. The molecule has 0 spiro atoms. The first kappa shape index (κ1) is 12.7. The van der Waals surface area contributed by atoms with Gasteiger partial charge in [-0.25, -0.2) is 4.39 Å². The summed E-state index contributed by atoms with van der Waals surface area (Å²) in [6.45, 7) is 0. The summed E-state index contributed by atoms with van der Waals surface area (Å²) in [7, 11) is 0. The number of hydrogen-bond acceptors (Lipinski definition) is 3. The zero-order chi connectivity index (χ0) is 12.1. The van der Waals surface area contributed by atoms with Gasteiger partial charge >= 0.3 is 0 Å². The van der Waals surface area contributed by atoms with Crippen molar-refractivity contribution in [3.63, 3.8) is 0 Å². The number of oxime groups is 1. The normalized spacial score (nSPS) is 11.2. The van der Waals surface area contributed by atoms with E-state index in [-0.39, 0.29) is 18.1 Å². The van der Waals surface area contributed by atoms with Gasteiger partial charge in [-0.05, 0) is 40.8 Å². The van der Waals surface area contributed by atoms with Gasteiger partial charge in [0.15, 0.2) is 0 Å². The third-order valence-electron chi connectivity index (χ3n) is 1.68. The van der Waals surface area contributed by atoms with Crippen LogP contribution < -0.4 is 11.1 Å². The molecule has 5 nitrogen and oxygen atoms in total. The lowest BCUT2D eigenvalue weighted by molar-refractivity contribution is -0.115. The number of nitrogens with one attached hydrogen (secondary N) is 1. The van der Waals surface area contributed by atoms with E-state index in [2.05, 4.69) is 10.5 Å². The van der Waals surface area contributed by atoms with E-state index in [9.17, 15) is 9.18 Å². The van der Waals surface area contributed by atoms with Crippen molar-refractivity contribution in [2.75, 3.05) is 5.32 Å². The minimum Gasteiger partial charge on any atom is -0.409 e.